The number of rotatable bonds is 9. The van der Waals surface area contributed by atoms with Gasteiger partial charge in [-0.2, -0.15) is 22.0 Å². The number of fused-ring (bicyclic) bond motifs is 1. The van der Waals surface area contributed by atoms with E-state index >= 15 is 0 Å². The molecule has 1 aliphatic heterocycles. The summed E-state index contributed by atoms with van der Waals surface area (Å²) in [5.41, 5.74) is 0.716. The maximum atomic E-state index is 14.4. The van der Waals surface area contributed by atoms with Gasteiger partial charge in [-0.3, -0.25) is 4.90 Å². The van der Waals surface area contributed by atoms with Gasteiger partial charge in [0.05, 0.1) is 24.5 Å². The topological polar surface area (TPSA) is 68.2 Å². The molecule has 2 aromatic rings. The molecule has 1 aromatic carbocycles. The van der Waals surface area contributed by atoms with E-state index in [4.69, 9.17) is 14.4 Å². The molecule has 0 saturated carbocycles. The van der Waals surface area contributed by atoms with Crippen molar-refractivity contribution >= 4 is 45.6 Å². The molecule has 178 valence electrons. The van der Waals surface area contributed by atoms with Gasteiger partial charge in [0, 0.05) is 40.5 Å². The van der Waals surface area contributed by atoms with Crippen LogP contribution in [0, 0.1) is 0 Å². The molecule has 0 radical (unpaired) electrons. The van der Waals surface area contributed by atoms with Gasteiger partial charge in [-0.1, -0.05) is 0 Å². The predicted octanol–water partition coefficient (Wildman–Crippen LogP) is 5.93. The van der Waals surface area contributed by atoms with E-state index in [1.165, 1.54) is 0 Å². The molecule has 0 aliphatic carbocycles. The normalized spacial score (nSPS) is 16.5. The van der Waals surface area contributed by atoms with Gasteiger partial charge >= 0.3 is 20.5 Å². The number of benzene rings is 1. The van der Waals surface area contributed by atoms with Crippen molar-refractivity contribution in [3.8, 4) is 5.75 Å². The first kappa shape index (κ1) is 25.7. The fourth-order valence-corrected chi connectivity index (χ4v) is 5.51. The van der Waals surface area contributed by atoms with E-state index in [0.717, 1.165) is 0 Å². The number of ether oxygens (including phenoxy) is 2. The second-order valence-corrected chi connectivity index (χ2v) is 9.49. The predicted molar refractivity (Wildman–Crippen MR) is 111 cm³/mol. The molecule has 14 heteroatoms. The first-order valence-electron chi connectivity index (χ1n) is 9.44. The maximum Gasteiger partial charge on any atom is 0.701 e. The van der Waals surface area contributed by atoms with Crippen molar-refractivity contribution in [1.29, 1.82) is 0 Å². The molecule has 1 N–H and O–H groups in total. The molecule has 6 nitrogen and oxygen atoms in total. The Kier molecular flexibility index (Phi) is 8.46. The minimum atomic E-state index is -4.32. The Morgan fingerprint density at radius 2 is 1.91 bits per heavy atom. The Hall–Kier alpha value is -0.950. The van der Waals surface area contributed by atoms with Crippen LogP contribution in [0.3, 0.4) is 0 Å². The summed E-state index contributed by atoms with van der Waals surface area (Å²) in [7, 11) is -3.57. The van der Waals surface area contributed by atoms with Gasteiger partial charge in [0.2, 0.25) is 0 Å². The number of halogens is 6. The summed E-state index contributed by atoms with van der Waals surface area (Å²) in [5, 5.41) is 0.345. The molecule has 3 rings (SSSR count). The lowest BCUT2D eigenvalue weighted by Crippen LogP contribution is -2.35. The lowest BCUT2D eigenvalue weighted by Gasteiger charge is -2.26. The van der Waals surface area contributed by atoms with Crippen LogP contribution in [0.2, 0.25) is 0 Å². The van der Waals surface area contributed by atoms with Crippen molar-refractivity contribution in [1.82, 2.24) is 4.90 Å². The number of hydrogen-bond acceptors (Lipinski definition) is 6. The SMILES string of the molecule is O=[P+](O)OC(F)(F)c1sc2c(OCCCC(F)(F)F)cc(CN3CCOCC3)cc2c1Br. The summed E-state index contributed by atoms with van der Waals surface area (Å²) in [6.07, 6.45) is -9.69. The van der Waals surface area contributed by atoms with Crippen LogP contribution in [0.15, 0.2) is 16.6 Å². The standard InChI is InChI=1S/C18H18BrF5NO5PS/c19-14-12-8-11(10-25-3-6-28-7-4-25)9-13(29-5-1-2-17(20,21)22)15(12)32-16(14)18(23,24)30-31(26)27/h8-9H,1-7,10H2/p+1. The molecule has 1 unspecified atom stereocenters. The molecule has 0 amide bonds. The molecule has 1 aliphatic rings. The first-order valence-corrected chi connectivity index (χ1v) is 12.2. The minimum Gasteiger partial charge on any atom is -0.492 e. The zero-order chi connectivity index (χ0) is 23.5. The molecule has 1 atom stereocenters. The fourth-order valence-electron chi connectivity index (χ4n) is 3.19. The summed E-state index contributed by atoms with van der Waals surface area (Å²) in [6.45, 7) is 2.66. The number of morpholine rings is 1. The van der Waals surface area contributed by atoms with Crippen molar-refractivity contribution in [2.75, 3.05) is 32.9 Å². The Morgan fingerprint density at radius 1 is 1.22 bits per heavy atom. The van der Waals surface area contributed by atoms with Gasteiger partial charge in [-0.15, -0.1) is 16.2 Å². The van der Waals surface area contributed by atoms with Crippen LogP contribution < -0.4 is 4.74 Å². The van der Waals surface area contributed by atoms with Gasteiger partial charge in [0.1, 0.15) is 10.6 Å². The molecule has 2 heterocycles. The van der Waals surface area contributed by atoms with Crippen molar-refractivity contribution < 1.29 is 45.4 Å². The minimum absolute atomic E-state index is 0.0386. The maximum absolute atomic E-state index is 14.4. The summed E-state index contributed by atoms with van der Waals surface area (Å²) < 4.78 is 91.8. The first-order chi connectivity index (χ1) is 15.0. The Bertz CT molecular complexity index is 967. The van der Waals surface area contributed by atoms with Crippen LogP contribution in [0.4, 0.5) is 22.0 Å². The van der Waals surface area contributed by atoms with E-state index in [-0.39, 0.29) is 27.9 Å². The van der Waals surface area contributed by atoms with Crippen LogP contribution in [0.1, 0.15) is 23.3 Å². The number of alkyl halides is 5. The van der Waals surface area contributed by atoms with E-state index in [1.54, 1.807) is 12.1 Å². The van der Waals surface area contributed by atoms with E-state index in [2.05, 4.69) is 25.4 Å². The lowest BCUT2D eigenvalue weighted by atomic mass is 10.1. The number of hydrogen-bond donors (Lipinski definition) is 1. The van der Waals surface area contributed by atoms with Crippen molar-refractivity contribution in [3.63, 3.8) is 0 Å². The summed E-state index contributed by atoms with van der Waals surface area (Å²) >= 11 is 3.69. The lowest BCUT2D eigenvalue weighted by molar-refractivity contribution is -0.183. The second kappa shape index (κ2) is 10.5. The average molecular weight is 567 g/mol. The highest BCUT2D eigenvalue weighted by atomic mass is 79.9. The highest BCUT2D eigenvalue weighted by Gasteiger charge is 2.47. The average Bonchev–Trinajstić information content (AvgIpc) is 3.02. The van der Waals surface area contributed by atoms with E-state index < -0.39 is 31.8 Å². The Morgan fingerprint density at radius 3 is 2.53 bits per heavy atom. The van der Waals surface area contributed by atoms with Crippen LogP contribution in [-0.2, 0) is 26.5 Å². The monoisotopic (exact) mass is 566 g/mol. The molecular formula is C18H19BrF5NO5PS+. The zero-order valence-corrected chi connectivity index (χ0v) is 19.8. The van der Waals surface area contributed by atoms with Crippen LogP contribution in [0.5, 0.6) is 5.75 Å². The zero-order valence-electron chi connectivity index (χ0n) is 16.5. The van der Waals surface area contributed by atoms with Gasteiger partial charge in [0.25, 0.3) is 0 Å². The largest absolute Gasteiger partial charge is 0.701 e. The van der Waals surface area contributed by atoms with Crippen molar-refractivity contribution in [3.05, 3.63) is 27.0 Å². The third-order valence-electron chi connectivity index (χ3n) is 4.58. The van der Waals surface area contributed by atoms with E-state index in [9.17, 15) is 26.5 Å². The smallest absolute Gasteiger partial charge is 0.492 e. The molecule has 0 bridgehead atoms. The van der Waals surface area contributed by atoms with E-state index in [1.807, 2.05) is 0 Å². The highest BCUT2D eigenvalue weighted by molar-refractivity contribution is 9.10. The van der Waals surface area contributed by atoms with Crippen molar-refractivity contribution in [2.24, 2.45) is 0 Å². The van der Waals surface area contributed by atoms with Crippen LogP contribution in [-0.4, -0.2) is 48.9 Å². The van der Waals surface area contributed by atoms with Crippen LogP contribution >= 0.6 is 35.5 Å². The van der Waals surface area contributed by atoms with Gasteiger partial charge < -0.3 is 9.47 Å². The molecular weight excluding hydrogens is 548 g/mol. The van der Waals surface area contributed by atoms with Gasteiger partial charge in [0.15, 0.2) is 0 Å². The van der Waals surface area contributed by atoms with Crippen molar-refractivity contribution in [2.45, 2.75) is 31.7 Å². The summed E-state index contributed by atoms with van der Waals surface area (Å²) in [4.78, 5) is 10.2. The molecule has 1 saturated heterocycles. The number of thiophene rings is 1. The van der Waals surface area contributed by atoms with E-state index in [0.29, 0.717) is 55.1 Å². The highest BCUT2D eigenvalue weighted by Crippen LogP contribution is 2.50. The molecule has 0 spiro atoms. The quantitative estimate of drug-likeness (QED) is 0.230. The molecule has 32 heavy (non-hydrogen) atoms. The third-order valence-corrected chi connectivity index (χ3v) is 7.33. The van der Waals surface area contributed by atoms with Gasteiger partial charge in [-0.25, -0.2) is 0 Å². The summed E-state index contributed by atoms with van der Waals surface area (Å²) in [6, 6.07) is 3.29. The van der Waals surface area contributed by atoms with Gasteiger partial charge in [-0.05, 0) is 44.6 Å². The molecule has 1 fully saturated rings. The summed E-state index contributed by atoms with van der Waals surface area (Å²) in [5.74, 6) is 0.161. The molecule has 1 aromatic heterocycles. The Balaban J connectivity index is 1.94. The third kappa shape index (κ3) is 6.78. The van der Waals surface area contributed by atoms with Crippen LogP contribution in [0.25, 0.3) is 10.1 Å². The Labute approximate surface area is 193 Å². The number of nitrogens with zero attached hydrogens (tertiary/aromatic N) is 1. The fraction of sp³-hybridized carbons (Fsp3) is 0.556. The second-order valence-electron chi connectivity index (χ2n) is 7.02.